The van der Waals surface area contributed by atoms with Crippen LogP contribution in [0.1, 0.15) is 49.5 Å². The molecule has 9 heteroatoms. The Morgan fingerprint density at radius 3 is 2.29 bits per heavy atom. The molecule has 0 aliphatic carbocycles. The fourth-order valence-electron chi connectivity index (χ4n) is 3.08. The van der Waals surface area contributed by atoms with E-state index in [2.05, 4.69) is 20.4 Å². The second-order valence-electron chi connectivity index (χ2n) is 7.83. The number of aryl methyl sites for hydroxylation is 2. The van der Waals surface area contributed by atoms with Crippen molar-refractivity contribution >= 4 is 11.6 Å². The molecule has 0 amide bonds. The topological polar surface area (TPSA) is 55.1 Å². The lowest BCUT2D eigenvalue weighted by Gasteiger charge is -2.33. The summed E-state index contributed by atoms with van der Waals surface area (Å²) in [6.45, 7) is 9.29. The molecule has 3 rings (SSSR count). The molecule has 150 valence electrons. The Morgan fingerprint density at radius 2 is 1.71 bits per heavy atom. The summed E-state index contributed by atoms with van der Waals surface area (Å²) in [4.78, 5) is 8.56. The third-order valence-electron chi connectivity index (χ3n) is 4.34. The van der Waals surface area contributed by atoms with Crippen LogP contribution in [0.3, 0.4) is 0 Å². The van der Waals surface area contributed by atoms with E-state index in [0.717, 1.165) is 12.1 Å². The molecule has 3 aromatic rings. The van der Waals surface area contributed by atoms with E-state index in [4.69, 9.17) is 0 Å². The molecule has 0 bridgehead atoms. The van der Waals surface area contributed by atoms with E-state index in [1.54, 1.807) is 19.9 Å². The molecule has 1 N–H and O–H groups in total. The van der Waals surface area contributed by atoms with Crippen LogP contribution in [0.4, 0.5) is 23.4 Å². The molecule has 0 saturated heterocycles. The molecule has 1 aromatic carbocycles. The van der Waals surface area contributed by atoms with Gasteiger partial charge < -0.3 is 5.32 Å². The van der Waals surface area contributed by atoms with Crippen molar-refractivity contribution in [3.63, 3.8) is 0 Å². The average molecular weight is 395 g/mol. The van der Waals surface area contributed by atoms with Crippen molar-refractivity contribution < 1.29 is 17.6 Å². The SMILES string of the molecule is Cc1cc(N[C@@H](c2ccc(C(F)(F)F)c(F)c2)C(C)(C)C)n2nc(C)nc2n1. The van der Waals surface area contributed by atoms with Gasteiger partial charge >= 0.3 is 6.18 Å². The zero-order chi connectivity index (χ0) is 20.9. The van der Waals surface area contributed by atoms with E-state index in [0.29, 0.717) is 28.7 Å². The molecule has 0 aliphatic heterocycles. The minimum atomic E-state index is -4.74. The van der Waals surface area contributed by atoms with Gasteiger partial charge in [-0.2, -0.15) is 22.7 Å². The second kappa shape index (κ2) is 6.72. The number of rotatable bonds is 3. The highest BCUT2D eigenvalue weighted by Crippen LogP contribution is 2.38. The number of benzene rings is 1. The molecule has 5 nitrogen and oxygen atoms in total. The number of hydrogen-bond acceptors (Lipinski definition) is 4. The van der Waals surface area contributed by atoms with Gasteiger partial charge in [-0.25, -0.2) is 9.37 Å². The molecule has 1 atom stereocenters. The number of aromatic nitrogens is 4. The Balaban J connectivity index is 2.07. The minimum absolute atomic E-state index is 0.400. The van der Waals surface area contributed by atoms with E-state index in [1.165, 1.54) is 10.6 Å². The smallest absolute Gasteiger partial charge is 0.363 e. The molecule has 0 saturated carbocycles. The van der Waals surface area contributed by atoms with Gasteiger partial charge in [0.2, 0.25) is 0 Å². The summed E-state index contributed by atoms with van der Waals surface area (Å²) in [7, 11) is 0. The molecular weight excluding hydrogens is 374 g/mol. The van der Waals surface area contributed by atoms with Crippen molar-refractivity contribution in [1.82, 2.24) is 19.6 Å². The molecule has 0 fully saturated rings. The normalized spacial score (nSPS) is 13.8. The standard InChI is InChI=1S/C19H21F4N5/c1-10-8-15(28-17(24-10)25-11(2)27-28)26-16(18(3,4)5)12-6-7-13(14(20)9-12)19(21,22)23/h6-9,16,26H,1-5H3/t16-/m0/s1. The molecular formula is C19H21F4N5. The summed E-state index contributed by atoms with van der Waals surface area (Å²) in [6.07, 6.45) is -4.74. The Hall–Kier alpha value is -2.71. The number of halogens is 4. The predicted molar refractivity (Wildman–Crippen MR) is 97.5 cm³/mol. The van der Waals surface area contributed by atoms with Crippen LogP contribution >= 0.6 is 0 Å². The maximum Gasteiger partial charge on any atom is 0.419 e. The number of anilines is 1. The maximum atomic E-state index is 14.2. The minimum Gasteiger partial charge on any atom is -0.363 e. The van der Waals surface area contributed by atoms with Gasteiger partial charge in [0.25, 0.3) is 5.78 Å². The first-order valence-electron chi connectivity index (χ1n) is 8.70. The third-order valence-corrected chi connectivity index (χ3v) is 4.34. The summed E-state index contributed by atoms with van der Waals surface area (Å²) < 4.78 is 54.4. The first kappa shape index (κ1) is 20.0. The van der Waals surface area contributed by atoms with Crippen molar-refractivity contribution in [2.24, 2.45) is 5.41 Å². The lowest BCUT2D eigenvalue weighted by atomic mass is 9.82. The van der Waals surface area contributed by atoms with Gasteiger partial charge in [0.15, 0.2) is 0 Å². The highest BCUT2D eigenvalue weighted by atomic mass is 19.4. The van der Waals surface area contributed by atoms with E-state index in [9.17, 15) is 17.6 Å². The summed E-state index contributed by atoms with van der Waals surface area (Å²) in [5.74, 6) is 0.220. The van der Waals surface area contributed by atoms with Gasteiger partial charge in [-0.15, -0.1) is 5.10 Å². The van der Waals surface area contributed by atoms with Crippen molar-refractivity contribution in [2.75, 3.05) is 5.32 Å². The Kier molecular flexibility index (Phi) is 4.81. The van der Waals surface area contributed by atoms with Crippen LogP contribution in [0.25, 0.3) is 5.78 Å². The highest BCUT2D eigenvalue weighted by Gasteiger charge is 2.35. The summed E-state index contributed by atoms with van der Waals surface area (Å²) in [5.41, 5.74) is -0.616. The molecule has 0 aliphatic rings. The van der Waals surface area contributed by atoms with Crippen molar-refractivity contribution in [2.45, 2.75) is 46.8 Å². The second-order valence-corrected chi connectivity index (χ2v) is 7.83. The van der Waals surface area contributed by atoms with E-state index >= 15 is 0 Å². The zero-order valence-corrected chi connectivity index (χ0v) is 16.2. The quantitative estimate of drug-likeness (QED) is 0.627. The third kappa shape index (κ3) is 3.93. The lowest BCUT2D eigenvalue weighted by molar-refractivity contribution is -0.140. The Bertz CT molecular complexity index is 1020. The summed E-state index contributed by atoms with van der Waals surface area (Å²) >= 11 is 0. The molecule has 28 heavy (non-hydrogen) atoms. The van der Waals surface area contributed by atoms with E-state index in [-0.39, 0.29) is 0 Å². The van der Waals surface area contributed by atoms with Crippen LogP contribution < -0.4 is 5.32 Å². The number of nitrogens with one attached hydrogen (secondary N) is 1. The molecule has 2 aromatic heterocycles. The first-order chi connectivity index (χ1) is 12.9. The van der Waals surface area contributed by atoms with Crippen LogP contribution in [0, 0.1) is 25.1 Å². The monoisotopic (exact) mass is 395 g/mol. The Labute approximate surface area is 159 Å². The summed E-state index contributed by atoms with van der Waals surface area (Å²) in [5, 5.41) is 7.60. The van der Waals surface area contributed by atoms with E-state index < -0.39 is 29.0 Å². The molecule has 0 radical (unpaired) electrons. The van der Waals surface area contributed by atoms with Crippen molar-refractivity contribution in [3.8, 4) is 0 Å². The number of hydrogen-bond donors (Lipinski definition) is 1. The van der Waals surface area contributed by atoms with Gasteiger partial charge in [-0.05, 0) is 37.0 Å². The van der Waals surface area contributed by atoms with Crippen LogP contribution in [0.2, 0.25) is 0 Å². The lowest BCUT2D eigenvalue weighted by Crippen LogP contribution is -2.27. The number of nitrogens with zero attached hydrogens (tertiary/aromatic N) is 4. The van der Waals surface area contributed by atoms with Crippen LogP contribution in [-0.2, 0) is 6.18 Å². The van der Waals surface area contributed by atoms with Crippen LogP contribution in [-0.4, -0.2) is 19.6 Å². The average Bonchev–Trinajstić information content (AvgIpc) is 2.90. The van der Waals surface area contributed by atoms with Crippen molar-refractivity contribution in [3.05, 3.63) is 52.7 Å². The molecule has 2 heterocycles. The number of alkyl halides is 3. The van der Waals surface area contributed by atoms with Gasteiger partial charge in [0.05, 0.1) is 11.6 Å². The number of fused-ring (bicyclic) bond motifs is 1. The first-order valence-corrected chi connectivity index (χ1v) is 8.70. The van der Waals surface area contributed by atoms with Crippen LogP contribution in [0.5, 0.6) is 0 Å². The molecule has 0 unspecified atom stereocenters. The fourth-order valence-corrected chi connectivity index (χ4v) is 3.08. The highest BCUT2D eigenvalue weighted by molar-refractivity contribution is 5.48. The van der Waals surface area contributed by atoms with E-state index in [1.807, 2.05) is 20.8 Å². The fraction of sp³-hybridized carbons (Fsp3) is 0.421. The largest absolute Gasteiger partial charge is 0.419 e. The van der Waals surface area contributed by atoms with Crippen LogP contribution in [0.15, 0.2) is 24.3 Å². The zero-order valence-electron chi connectivity index (χ0n) is 16.2. The van der Waals surface area contributed by atoms with Gasteiger partial charge in [0.1, 0.15) is 17.5 Å². The molecule has 0 spiro atoms. The Morgan fingerprint density at radius 1 is 1.04 bits per heavy atom. The van der Waals surface area contributed by atoms with Crippen molar-refractivity contribution in [1.29, 1.82) is 0 Å². The predicted octanol–water partition coefficient (Wildman–Crippen LogP) is 5.10. The van der Waals surface area contributed by atoms with Gasteiger partial charge in [0, 0.05) is 11.8 Å². The maximum absolute atomic E-state index is 14.2. The summed E-state index contributed by atoms with van der Waals surface area (Å²) in [6, 6.07) is 4.29. The van der Waals surface area contributed by atoms with Gasteiger partial charge in [-0.1, -0.05) is 26.8 Å². The van der Waals surface area contributed by atoms with Gasteiger partial charge in [-0.3, -0.25) is 0 Å².